The van der Waals surface area contributed by atoms with Crippen molar-refractivity contribution in [1.29, 1.82) is 0 Å². The van der Waals surface area contributed by atoms with Crippen LogP contribution in [0.3, 0.4) is 0 Å². The van der Waals surface area contributed by atoms with Crippen LogP contribution in [-0.4, -0.2) is 47.3 Å². The minimum absolute atomic E-state index is 0.00747. The van der Waals surface area contributed by atoms with Gasteiger partial charge in [0.15, 0.2) is 0 Å². The molecule has 1 heterocycles. The molecule has 4 rings (SSSR count). The fraction of sp³-hybridized carbons (Fsp3) is 0.654. The predicted molar refractivity (Wildman–Crippen MR) is 127 cm³/mol. The second kappa shape index (κ2) is 10.7. The minimum atomic E-state index is -0.673. The normalized spacial score (nSPS) is 25.1. The van der Waals surface area contributed by atoms with Gasteiger partial charge in [-0.1, -0.05) is 43.5 Å². The molecule has 4 unspecified atom stereocenters. The number of fused-ring (bicyclic) bond motifs is 1. The number of amides is 3. The van der Waals surface area contributed by atoms with E-state index in [0.29, 0.717) is 13.0 Å². The van der Waals surface area contributed by atoms with Crippen molar-refractivity contribution >= 4 is 17.7 Å². The Bertz CT molecular complexity index is 865. The first kappa shape index (κ1) is 23.7. The first-order chi connectivity index (χ1) is 16.0. The van der Waals surface area contributed by atoms with Gasteiger partial charge in [0.1, 0.15) is 12.1 Å². The van der Waals surface area contributed by atoms with Crippen LogP contribution in [0.15, 0.2) is 24.3 Å². The molecule has 1 aromatic carbocycles. The topological polar surface area (TPSA) is 105 Å². The number of carbonyl (C=O) groups excluding carboxylic acids is 3. The van der Waals surface area contributed by atoms with Crippen molar-refractivity contribution in [2.75, 3.05) is 6.54 Å². The number of carbonyl (C=O) groups is 3. The number of likely N-dealkylation sites (tertiary alicyclic amines) is 1. The summed E-state index contributed by atoms with van der Waals surface area (Å²) in [6, 6.07) is 6.53. The monoisotopic (exact) mass is 454 g/mol. The quantitative estimate of drug-likeness (QED) is 0.614. The highest BCUT2D eigenvalue weighted by molar-refractivity contribution is 5.93. The standard InChI is InChI=1S/C26H38N4O3/c1-17(27)24(31)29-23(19-10-3-2-4-11-19)26(33)30-16-8-15-22(30)25(32)28-21-14-7-12-18-9-5-6-13-20(18)21/h5-6,9,13,17,19,21-23H,2-4,7-8,10-12,14-16,27H2,1H3,(H,28,32)(H,29,31). The largest absolute Gasteiger partial charge is 0.347 e. The molecule has 0 aromatic heterocycles. The van der Waals surface area contributed by atoms with E-state index in [4.69, 9.17) is 5.73 Å². The minimum Gasteiger partial charge on any atom is -0.347 e. The van der Waals surface area contributed by atoms with Gasteiger partial charge < -0.3 is 21.3 Å². The number of rotatable bonds is 6. The van der Waals surface area contributed by atoms with E-state index in [9.17, 15) is 14.4 Å². The van der Waals surface area contributed by atoms with Gasteiger partial charge in [-0.2, -0.15) is 0 Å². The van der Waals surface area contributed by atoms with Gasteiger partial charge in [-0.05, 0) is 68.9 Å². The second-order valence-corrected chi connectivity index (χ2v) is 10.0. The molecule has 1 aliphatic heterocycles. The SMILES string of the molecule is CC(N)C(=O)NC(C(=O)N1CCCC1C(=O)NC1CCCc2ccccc21)C1CCCCC1. The van der Waals surface area contributed by atoms with Gasteiger partial charge in [-0.25, -0.2) is 0 Å². The van der Waals surface area contributed by atoms with Crippen molar-refractivity contribution in [1.82, 2.24) is 15.5 Å². The second-order valence-electron chi connectivity index (χ2n) is 10.0. The Morgan fingerprint density at radius 1 is 1.00 bits per heavy atom. The van der Waals surface area contributed by atoms with Crippen molar-refractivity contribution in [2.24, 2.45) is 11.7 Å². The molecule has 2 aliphatic carbocycles. The fourth-order valence-corrected chi connectivity index (χ4v) is 5.79. The molecule has 1 saturated heterocycles. The highest BCUT2D eigenvalue weighted by atomic mass is 16.2. The van der Waals surface area contributed by atoms with E-state index in [2.05, 4.69) is 22.8 Å². The van der Waals surface area contributed by atoms with Crippen molar-refractivity contribution < 1.29 is 14.4 Å². The summed E-state index contributed by atoms with van der Waals surface area (Å²) in [5.41, 5.74) is 8.27. The lowest BCUT2D eigenvalue weighted by Gasteiger charge is -2.35. The maximum atomic E-state index is 13.7. The molecule has 0 bridgehead atoms. The Balaban J connectivity index is 1.48. The van der Waals surface area contributed by atoms with E-state index < -0.39 is 18.1 Å². The summed E-state index contributed by atoms with van der Waals surface area (Å²) in [7, 11) is 0. The van der Waals surface area contributed by atoms with E-state index in [-0.39, 0.29) is 29.7 Å². The number of hydrogen-bond donors (Lipinski definition) is 3. The van der Waals surface area contributed by atoms with Gasteiger partial charge >= 0.3 is 0 Å². The van der Waals surface area contributed by atoms with Crippen LogP contribution in [0.25, 0.3) is 0 Å². The lowest BCUT2D eigenvalue weighted by atomic mass is 9.83. The van der Waals surface area contributed by atoms with Crippen LogP contribution in [-0.2, 0) is 20.8 Å². The van der Waals surface area contributed by atoms with Crippen LogP contribution in [0.4, 0.5) is 0 Å². The molecule has 0 spiro atoms. The van der Waals surface area contributed by atoms with Gasteiger partial charge in [-0.15, -0.1) is 0 Å². The third-order valence-electron chi connectivity index (χ3n) is 7.62. The van der Waals surface area contributed by atoms with Crippen molar-refractivity contribution in [3.8, 4) is 0 Å². The maximum Gasteiger partial charge on any atom is 0.246 e. The zero-order valence-corrected chi connectivity index (χ0v) is 19.7. The van der Waals surface area contributed by atoms with E-state index in [1.807, 2.05) is 12.1 Å². The summed E-state index contributed by atoms with van der Waals surface area (Å²) >= 11 is 0. The number of nitrogens with two attached hydrogens (primary N) is 1. The maximum absolute atomic E-state index is 13.7. The summed E-state index contributed by atoms with van der Waals surface area (Å²) < 4.78 is 0. The van der Waals surface area contributed by atoms with E-state index in [1.165, 1.54) is 11.1 Å². The number of aryl methyl sites for hydroxylation is 1. The molecule has 1 saturated carbocycles. The van der Waals surface area contributed by atoms with Gasteiger partial charge in [0.25, 0.3) is 0 Å². The van der Waals surface area contributed by atoms with E-state index in [1.54, 1.807) is 11.8 Å². The molecular formula is C26H38N4O3. The summed E-state index contributed by atoms with van der Waals surface area (Å²) in [5, 5.41) is 6.17. The third kappa shape index (κ3) is 5.40. The molecule has 1 aromatic rings. The molecule has 2 fully saturated rings. The summed E-state index contributed by atoms with van der Waals surface area (Å²) in [4.78, 5) is 41.2. The number of hydrogen-bond acceptors (Lipinski definition) is 4. The summed E-state index contributed by atoms with van der Waals surface area (Å²) in [6.07, 6.45) is 9.57. The molecule has 7 heteroatoms. The lowest BCUT2D eigenvalue weighted by molar-refractivity contribution is -0.143. The summed E-state index contributed by atoms with van der Waals surface area (Å²) in [6.45, 7) is 2.18. The zero-order chi connectivity index (χ0) is 23.4. The van der Waals surface area contributed by atoms with Crippen LogP contribution in [0, 0.1) is 5.92 Å². The smallest absolute Gasteiger partial charge is 0.246 e. The van der Waals surface area contributed by atoms with Gasteiger partial charge in [0.2, 0.25) is 17.7 Å². The Hall–Kier alpha value is -2.41. The fourth-order valence-electron chi connectivity index (χ4n) is 5.79. The van der Waals surface area contributed by atoms with Gasteiger partial charge in [0.05, 0.1) is 12.1 Å². The Labute approximate surface area is 196 Å². The molecular weight excluding hydrogens is 416 g/mol. The summed E-state index contributed by atoms with van der Waals surface area (Å²) in [5.74, 6) is -0.414. The van der Waals surface area contributed by atoms with Crippen LogP contribution in [0.2, 0.25) is 0 Å². The Morgan fingerprint density at radius 2 is 1.76 bits per heavy atom. The molecule has 4 N–H and O–H groups in total. The van der Waals surface area contributed by atoms with Crippen molar-refractivity contribution in [2.45, 2.75) is 95.3 Å². The average Bonchev–Trinajstić information content (AvgIpc) is 3.33. The number of nitrogens with zero attached hydrogens (tertiary/aromatic N) is 1. The predicted octanol–water partition coefficient (Wildman–Crippen LogP) is 2.58. The molecule has 3 amide bonds. The van der Waals surface area contributed by atoms with Crippen LogP contribution in [0.1, 0.15) is 81.9 Å². The van der Waals surface area contributed by atoms with Crippen molar-refractivity contribution in [3.63, 3.8) is 0 Å². The lowest BCUT2D eigenvalue weighted by Crippen LogP contribution is -2.58. The van der Waals surface area contributed by atoms with E-state index in [0.717, 1.165) is 57.8 Å². The molecule has 0 radical (unpaired) electrons. The molecule has 3 aliphatic rings. The van der Waals surface area contributed by atoms with E-state index >= 15 is 0 Å². The Morgan fingerprint density at radius 3 is 2.52 bits per heavy atom. The van der Waals surface area contributed by atoms with Gasteiger partial charge in [0, 0.05) is 6.54 Å². The first-order valence-corrected chi connectivity index (χ1v) is 12.7. The van der Waals surface area contributed by atoms with Gasteiger partial charge in [-0.3, -0.25) is 14.4 Å². The number of nitrogens with one attached hydrogen (secondary N) is 2. The average molecular weight is 455 g/mol. The highest BCUT2D eigenvalue weighted by Gasteiger charge is 2.41. The molecule has 4 atom stereocenters. The van der Waals surface area contributed by atoms with Crippen LogP contribution >= 0.6 is 0 Å². The third-order valence-corrected chi connectivity index (χ3v) is 7.62. The van der Waals surface area contributed by atoms with Crippen LogP contribution < -0.4 is 16.4 Å². The molecule has 180 valence electrons. The zero-order valence-electron chi connectivity index (χ0n) is 19.7. The highest BCUT2D eigenvalue weighted by Crippen LogP contribution is 2.32. The van der Waals surface area contributed by atoms with Crippen molar-refractivity contribution in [3.05, 3.63) is 35.4 Å². The first-order valence-electron chi connectivity index (χ1n) is 12.7. The molecule has 33 heavy (non-hydrogen) atoms. The Kier molecular flexibility index (Phi) is 7.68. The molecule has 7 nitrogen and oxygen atoms in total. The number of benzene rings is 1. The van der Waals surface area contributed by atoms with Crippen LogP contribution in [0.5, 0.6) is 0 Å².